The van der Waals surface area contributed by atoms with Gasteiger partial charge in [-0.2, -0.15) is 0 Å². The Balaban J connectivity index is 2.14. The van der Waals surface area contributed by atoms with Crippen LogP contribution in [0.2, 0.25) is 0 Å². The topological polar surface area (TPSA) is 69.6 Å². The first-order chi connectivity index (χ1) is 7.15. The van der Waals surface area contributed by atoms with E-state index >= 15 is 0 Å². The average molecular weight is 207 g/mol. The summed E-state index contributed by atoms with van der Waals surface area (Å²) in [6.07, 6.45) is 1.37. The van der Waals surface area contributed by atoms with Crippen molar-refractivity contribution in [2.45, 2.75) is 25.3 Å². The Morgan fingerprint density at radius 2 is 2.20 bits per heavy atom. The Labute approximate surface area is 87.6 Å². The molecular formula is C11H13NO3. The number of carboxylic acid groups (broad SMARTS) is 1. The second kappa shape index (κ2) is 3.81. The SMILES string of the molecule is O=C(O)N[C@H]1CCc2ccc(O)cc2C1. The van der Waals surface area contributed by atoms with E-state index in [1.165, 1.54) is 5.56 Å². The molecule has 0 heterocycles. The summed E-state index contributed by atoms with van der Waals surface area (Å²) in [7, 11) is 0. The fourth-order valence-corrected chi connectivity index (χ4v) is 2.04. The van der Waals surface area contributed by atoms with Crippen molar-refractivity contribution in [3.05, 3.63) is 29.3 Å². The second-order valence-electron chi connectivity index (χ2n) is 3.84. The van der Waals surface area contributed by atoms with E-state index in [0.29, 0.717) is 6.42 Å². The van der Waals surface area contributed by atoms with Gasteiger partial charge in [-0.15, -0.1) is 0 Å². The molecule has 0 saturated carbocycles. The zero-order valence-electron chi connectivity index (χ0n) is 8.23. The maximum absolute atomic E-state index is 10.5. The average Bonchev–Trinajstić information content (AvgIpc) is 2.16. The van der Waals surface area contributed by atoms with Crippen molar-refractivity contribution in [2.24, 2.45) is 0 Å². The maximum Gasteiger partial charge on any atom is 0.404 e. The van der Waals surface area contributed by atoms with E-state index in [-0.39, 0.29) is 11.8 Å². The van der Waals surface area contributed by atoms with E-state index in [1.54, 1.807) is 12.1 Å². The molecular weight excluding hydrogens is 194 g/mol. The Kier molecular flexibility index (Phi) is 2.49. The minimum Gasteiger partial charge on any atom is -0.508 e. The minimum absolute atomic E-state index is 0.0307. The number of carbonyl (C=O) groups is 1. The third kappa shape index (κ3) is 2.21. The van der Waals surface area contributed by atoms with Gasteiger partial charge in [0.05, 0.1) is 0 Å². The number of amides is 1. The first kappa shape index (κ1) is 9.83. The lowest BCUT2D eigenvalue weighted by Gasteiger charge is -2.24. The molecule has 0 radical (unpaired) electrons. The van der Waals surface area contributed by atoms with Crippen molar-refractivity contribution in [1.82, 2.24) is 5.32 Å². The van der Waals surface area contributed by atoms with Crippen LogP contribution >= 0.6 is 0 Å². The molecule has 4 nitrogen and oxygen atoms in total. The Morgan fingerprint density at radius 3 is 2.93 bits per heavy atom. The van der Waals surface area contributed by atoms with Crippen LogP contribution in [0.4, 0.5) is 4.79 Å². The molecule has 0 aliphatic heterocycles. The Hall–Kier alpha value is -1.71. The first-order valence-electron chi connectivity index (χ1n) is 4.95. The van der Waals surface area contributed by atoms with Crippen LogP contribution in [0, 0.1) is 0 Å². The molecule has 0 bridgehead atoms. The molecule has 0 saturated heterocycles. The predicted octanol–water partition coefficient (Wildman–Crippen LogP) is 1.52. The fraction of sp³-hybridized carbons (Fsp3) is 0.364. The van der Waals surface area contributed by atoms with Crippen molar-refractivity contribution in [2.75, 3.05) is 0 Å². The maximum atomic E-state index is 10.5. The highest BCUT2D eigenvalue weighted by atomic mass is 16.4. The fourth-order valence-electron chi connectivity index (χ4n) is 2.04. The molecule has 0 spiro atoms. The summed E-state index contributed by atoms with van der Waals surface area (Å²) in [6.45, 7) is 0. The van der Waals surface area contributed by atoms with Gasteiger partial charge in [0, 0.05) is 6.04 Å². The van der Waals surface area contributed by atoms with Crippen molar-refractivity contribution < 1.29 is 15.0 Å². The molecule has 4 heteroatoms. The van der Waals surface area contributed by atoms with Gasteiger partial charge in [-0.25, -0.2) is 4.79 Å². The lowest BCUT2D eigenvalue weighted by atomic mass is 9.88. The molecule has 1 aliphatic carbocycles. The molecule has 0 unspecified atom stereocenters. The molecule has 0 fully saturated rings. The number of fused-ring (bicyclic) bond motifs is 1. The number of benzene rings is 1. The van der Waals surface area contributed by atoms with Crippen molar-refractivity contribution in [3.8, 4) is 5.75 Å². The largest absolute Gasteiger partial charge is 0.508 e. The van der Waals surface area contributed by atoms with Gasteiger partial charge in [0.15, 0.2) is 0 Å². The Bertz CT molecular complexity index is 389. The second-order valence-corrected chi connectivity index (χ2v) is 3.84. The van der Waals surface area contributed by atoms with E-state index < -0.39 is 6.09 Å². The van der Waals surface area contributed by atoms with E-state index in [0.717, 1.165) is 18.4 Å². The van der Waals surface area contributed by atoms with Gasteiger partial charge in [0.1, 0.15) is 5.75 Å². The highest BCUT2D eigenvalue weighted by Crippen LogP contribution is 2.24. The zero-order chi connectivity index (χ0) is 10.8. The number of aromatic hydroxyl groups is 1. The van der Waals surface area contributed by atoms with Gasteiger partial charge >= 0.3 is 6.09 Å². The van der Waals surface area contributed by atoms with E-state index in [4.69, 9.17) is 5.11 Å². The van der Waals surface area contributed by atoms with Gasteiger partial charge < -0.3 is 15.5 Å². The highest BCUT2D eigenvalue weighted by Gasteiger charge is 2.19. The van der Waals surface area contributed by atoms with Crippen LogP contribution in [0.5, 0.6) is 5.75 Å². The smallest absolute Gasteiger partial charge is 0.404 e. The molecule has 15 heavy (non-hydrogen) atoms. The van der Waals surface area contributed by atoms with Gasteiger partial charge in [0.25, 0.3) is 0 Å². The molecule has 80 valence electrons. The number of aryl methyl sites for hydroxylation is 1. The van der Waals surface area contributed by atoms with Gasteiger partial charge in [-0.3, -0.25) is 0 Å². The van der Waals surface area contributed by atoms with Crippen LogP contribution in [-0.4, -0.2) is 22.3 Å². The normalized spacial score (nSPS) is 19.3. The van der Waals surface area contributed by atoms with Crippen LogP contribution in [0.3, 0.4) is 0 Å². The molecule has 1 aromatic carbocycles. The summed E-state index contributed by atoms with van der Waals surface area (Å²) in [5.41, 5.74) is 2.25. The third-order valence-corrected chi connectivity index (χ3v) is 2.75. The van der Waals surface area contributed by atoms with Gasteiger partial charge in [0.2, 0.25) is 0 Å². The van der Waals surface area contributed by atoms with Crippen molar-refractivity contribution in [1.29, 1.82) is 0 Å². The number of hydrogen-bond acceptors (Lipinski definition) is 2. The molecule has 1 aliphatic rings. The number of phenols is 1. The first-order valence-corrected chi connectivity index (χ1v) is 4.95. The number of phenolic OH excluding ortho intramolecular Hbond substituents is 1. The van der Waals surface area contributed by atoms with Gasteiger partial charge in [-0.1, -0.05) is 6.07 Å². The lowest BCUT2D eigenvalue weighted by Crippen LogP contribution is -2.37. The summed E-state index contributed by atoms with van der Waals surface area (Å²) in [6, 6.07) is 5.26. The molecule has 1 aromatic rings. The minimum atomic E-state index is -0.983. The monoisotopic (exact) mass is 207 g/mol. The summed E-state index contributed by atoms with van der Waals surface area (Å²) in [4.78, 5) is 10.5. The Morgan fingerprint density at radius 1 is 1.40 bits per heavy atom. The summed E-state index contributed by atoms with van der Waals surface area (Å²) in [5, 5.41) is 20.4. The summed E-state index contributed by atoms with van der Waals surface area (Å²) in [5.74, 6) is 0.240. The molecule has 1 atom stereocenters. The number of hydrogen-bond donors (Lipinski definition) is 3. The number of rotatable bonds is 1. The highest BCUT2D eigenvalue weighted by molar-refractivity contribution is 5.65. The molecule has 0 aromatic heterocycles. The van der Waals surface area contributed by atoms with Crippen LogP contribution in [0.25, 0.3) is 0 Å². The van der Waals surface area contributed by atoms with Crippen LogP contribution in [-0.2, 0) is 12.8 Å². The summed E-state index contributed by atoms with van der Waals surface area (Å²) < 4.78 is 0. The molecule has 2 rings (SSSR count). The van der Waals surface area contributed by atoms with E-state index in [1.807, 2.05) is 6.07 Å². The predicted molar refractivity (Wildman–Crippen MR) is 55.1 cm³/mol. The third-order valence-electron chi connectivity index (χ3n) is 2.75. The molecule has 1 amide bonds. The van der Waals surface area contributed by atoms with E-state index in [2.05, 4.69) is 5.32 Å². The lowest BCUT2D eigenvalue weighted by molar-refractivity contribution is 0.188. The van der Waals surface area contributed by atoms with Crippen molar-refractivity contribution >= 4 is 6.09 Å². The standard InChI is InChI=1S/C11H13NO3/c13-10-4-2-7-1-3-9(12-11(14)15)5-8(7)6-10/h2,4,6,9,12-13H,1,3,5H2,(H,14,15)/t9-/m0/s1. The van der Waals surface area contributed by atoms with Crippen molar-refractivity contribution in [3.63, 3.8) is 0 Å². The zero-order valence-corrected chi connectivity index (χ0v) is 8.23. The van der Waals surface area contributed by atoms with E-state index in [9.17, 15) is 9.90 Å². The quantitative estimate of drug-likeness (QED) is 0.653. The molecule has 3 N–H and O–H groups in total. The summed E-state index contributed by atoms with van der Waals surface area (Å²) >= 11 is 0. The number of nitrogens with one attached hydrogen (secondary N) is 1. The van der Waals surface area contributed by atoms with Gasteiger partial charge in [-0.05, 0) is 42.5 Å². The van der Waals surface area contributed by atoms with Crippen LogP contribution in [0.15, 0.2) is 18.2 Å². The van der Waals surface area contributed by atoms with Crippen LogP contribution in [0.1, 0.15) is 17.5 Å². The van der Waals surface area contributed by atoms with Crippen LogP contribution < -0.4 is 5.32 Å².